The summed E-state index contributed by atoms with van der Waals surface area (Å²) in [5.74, 6) is 0.104. The number of hydrogen-bond acceptors (Lipinski definition) is 2. The van der Waals surface area contributed by atoms with Gasteiger partial charge in [-0.05, 0) is 41.5 Å². The van der Waals surface area contributed by atoms with Gasteiger partial charge < -0.3 is 0 Å². The zero-order valence-electron chi connectivity index (χ0n) is 10.5. The minimum atomic E-state index is -1.17. The predicted octanol–water partition coefficient (Wildman–Crippen LogP) is 3.80. The van der Waals surface area contributed by atoms with E-state index in [1.54, 1.807) is 18.2 Å². The molecule has 0 amide bonds. The van der Waals surface area contributed by atoms with Crippen molar-refractivity contribution in [3.05, 3.63) is 70.0 Å². The van der Waals surface area contributed by atoms with Gasteiger partial charge in [-0.25, -0.2) is 4.39 Å². The molecular formula is C15H11ClFNOS. The van der Waals surface area contributed by atoms with Gasteiger partial charge in [-0.1, -0.05) is 23.7 Å². The molecule has 0 fully saturated rings. The van der Waals surface area contributed by atoms with Crippen LogP contribution in [0.15, 0.2) is 42.5 Å². The van der Waals surface area contributed by atoms with Crippen molar-refractivity contribution in [2.75, 3.05) is 0 Å². The molecule has 2 aromatic rings. The van der Waals surface area contributed by atoms with E-state index in [2.05, 4.69) is 0 Å². The molecule has 1 atom stereocenters. The molecule has 1 unspecified atom stereocenters. The van der Waals surface area contributed by atoms with Gasteiger partial charge in [-0.15, -0.1) is 0 Å². The topological polar surface area (TPSA) is 40.9 Å². The van der Waals surface area contributed by atoms with Gasteiger partial charge >= 0.3 is 0 Å². The van der Waals surface area contributed by atoms with E-state index in [-0.39, 0.29) is 11.3 Å². The summed E-state index contributed by atoms with van der Waals surface area (Å²) in [5.41, 5.74) is 1.71. The fourth-order valence-electron chi connectivity index (χ4n) is 1.80. The zero-order valence-corrected chi connectivity index (χ0v) is 12.0. The fraction of sp³-hybridized carbons (Fsp3) is 0.133. The van der Waals surface area contributed by atoms with Crippen LogP contribution in [0.5, 0.6) is 0 Å². The molecule has 0 aromatic heterocycles. The van der Waals surface area contributed by atoms with E-state index in [9.17, 15) is 8.60 Å². The SMILES string of the molecule is N#Cc1cc(F)cc(CS(=O)Cc2ccc(Cl)cc2)c1. The van der Waals surface area contributed by atoms with Crippen LogP contribution in [0.4, 0.5) is 4.39 Å². The van der Waals surface area contributed by atoms with Crippen LogP contribution >= 0.6 is 11.6 Å². The lowest BCUT2D eigenvalue weighted by Crippen LogP contribution is -2.00. The third-order valence-corrected chi connectivity index (χ3v) is 4.22. The first-order valence-electron chi connectivity index (χ1n) is 5.86. The number of halogens is 2. The number of nitriles is 1. The standard InChI is InChI=1S/C15H11ClFNOS/c16-14-3-1-11(2-4-14)9-20(19)10-13-5-12(8-18)6-15(17)7-13/h1-7H,9-10H2. The molecule has 0 aliphatic rings. The van der Waals surface area contributed by atoms with Crippen LogP contribution in [0.1, 0.15) is 16.7 Å². The van der Waals surface area contributed by atoms with E-state index < -0.39 is 16.6 Å². The van der Waals surface area contributed by atoms with E-state index >= 15 is 0 Å². The Bertz CT molecular complexity index is 679. The van der Waals surface area contributed by atoms with Crippen molar-refractivity contribution >= 4 is 22.4 Å². The minimum absolute atomic E-state index is 0.217. The van der Waals surface area contributed by atoms with Crippen LogP contribution < -0.4 is 0 Å². The van der Waals surface area contributed by atoms with Crippen molar-refractivity contribution in [1.82, 2.24) is 0 Å². The van der Waals surface area contributed by atoms with Crippen LogP contribution in [-0.4, -0.2) is 4.21 Å². The van der Waals surface area contributed by atoms with Gasteiger partial charge in [0.25, 0.3) is 0 Å². The van der Waals surface area contributed by atoms with Crippen molar-refractivity contribution in [3.63, 3.8) is 0 Å². The number of nitrogens with zero attached hydrogens (tertiary/aromatic N) is 1. The van der Waals surface area contributed by atoms with Crippen molar-refractivity contribution in [3.8, 4) is 6.07 Å². The summed E-state index contributed by atoms with van der Waals surface area (Å²) in [5, 5.41) is 9.40. The van der Waals surface area contributed by atoms with Gasteiger partial charge in [-0.3, -0.25) is 4.21 Å². The summed E-state index contributed by atoms with van der Waals surface area (Å²) in [4.78, 5) is 0. The molecule has 2 nitrogen and oxygen atoms in total. The lowest BCUT2D eigenvalue weighted by atomic mass is 10.1. The van der Waals surface area contributed by atoms with Crippen LogP contribution in [0, 0.1) is 17.1 Å². The molecule has 2 rings (SSSR count). The Morgan fingerprint density at radius 3 is 2.40 bits per heavy atom. The summed E-state index contributed by atoms with van der Waals surface area (Å²) < 4.78 is 25.3. The molecule has 0 bridgehead atoms. The molecule has 0 aliphatic heterocycles. The highest BCUT2D eigenvalue weighted by Crippen LogP contribution is 2.15. The first-order chi connectivity index (χ1) is 9.56. The van der Waals surface area contributed by atoms with Gasteiger partial charge in [0.15, 0.2) is 0 Å². The number of benzene rings is 2. The molecule has 0 aliphatic carbocycles. The van der Waals surface area contributed by atoms with Crippen molar-refractivity contribution in [1.29, 1.82) is 5.26 Å². The minimum Gasteiger partial charge on any atom is -0.259 e. The maximum Gasteiger partial charge on any atom is 0.124 e. The average molecular weight is 308 g/mol. The number of hydrogen-bond donors (Lipinski definition) is 0. The summed E-state index contributed by atoms with van der Waals surface area (Å²) in [6.45, 7) is 0. The summed E-state index contributed by atoms with van der Waals surface area (Å²) in [6, 6.07) is 13.0. The maximum absolute atomic E-state index is 13.3. The molecule has 102 valence electrons. The zero-order chi connectivity index (χ0) is 14.5. The van der Waals surface area contributed by atoms with Crippen LogP contribution in [0.2, 0.25) is 5.02 Å². The van der Waals surface area contributed by atoms with Gasteiger partial charge in [-0.2, -0.15) is 5.26 Å². The van der Waals surface area contributed by atoms with Crippen LogP contribution in [0.25, 0.3) is 0 Å². The molecule has 0 N–H and O–H groups in total. The Morgan fingerprint density at radius 1 is 1.10 bits per heavy atom. The van der Waals surface area contributed by atoms with Gasteiger partial charge in [0.1, 0.15) is 5.82 Å². The molecule has 20 heavy (non-hydrogen) atoms. The predicted molar refractivity (Wildman–Crippen MR) is 78.1 cm³/mol. The van der Waals surface area contributed by atoms with E-state index in [1.807, 2.05) is 18.2 Å². The molecule has 0 spiro atoms. The lowest BCUT2D eigenvalue weighted by molar-refractivity contribution is 0.625. The molecule has 0 saturated heterocycles. The second-order valence-electron chi connectivity index (χ2n) is 4.31. The Kier molecular flexibility index (Phi) is 4.89. The van der Waals surface area contributed by atoms with Crippen LogP contribution in [0.3, 0.4) is 0 Å². The van der Waals surface area contributed by atoms with E-state index in [1.165, 1.54) is 6.07 Å². The molecule has 2 aromatic carbocycles. The quantitative estimate of drug-likeness (QED) is 0.862. The Morgan fingerprint density at radius 2 is 1.75 bits per heavy atom. The number of rotatable bonds is 4. The van der Waals surface area contributed by atoms with E-state index in [0.29, 0.717) is 16.3 Å². The second kappa shape index (κ2) is 6.65. The first-order valence-corrected chi connectivity index (χ1v) is 7.72. The van der Waals surface area contributed by atoms with E-state index in [0.717, 1.165) is 11.6 Å². The lowest BCUT2D eigenvalue weighted by Gasteiger charge is -2.04. The van der Waals surface area contributed by atoms with Crippen LogP contribution in [-0.2, 0) is 22.3 Å². The summed E-state index contributed by atoms with van der Waals surface area (Å²) >= 11 is 5.78. The van der Waals surface area contributed by atoms with Gasteiger partial charge in [0.05, 0.1) is 11.6 Å². The third-order valence-electron chi connectivity index (χ3n) is 2.66. The third kappa shape index (κ3) is 4.16. The fourth-order valence-corrected chi connectivity index (χ4v) is 3.13. The normalized spacial score (nSPS) is 11.8. The second-order valence-corrected chi connectivity index (χ2v) is 6.21. The maximum atomic E-state index is 13.3. The van der Waals surface area contributed by atoms with E-state index in [4.69, 9.17) is 16.9 Å². The largest absolute Gasteiger partial charge is 0.259 e. The average Bonchev–Trinajstić information content (AvgIpc) is 2.40. The highest BCUT2D eigenvalue weighted by atomic mass is 35.5. The molecule has 0 radical (unpaired) electrons. The monoisotopic (exact) mass is 307 g/mol. The molecule has 0 saturated carbocycles. The van der Waals surface area contributed by atoms with Crippen molar-refractivity contribution in [2.45, 2.75) is 11.5 Å². The first kappa shape index (κ1) is 14.7. The highest BCUT2D eigenvalue weighted by Gasteiger charge is 2.06. The molecule has 0 heterocycles. The van der Waals surface area contributed by atoms with Gasteiger partial charge in [0, 0.05) is 27.3 Å². The Hall–Kier alpha value is -1.70. The van der Waals surface area contributed by atoms with Crippen molar-refractivity contribution < 1.29 is 8.60 Å². The highest BCUT2D eigenvalue weighted by molar-refractivity contribution is 7.83. The Balaban J connectivity index is 2.06. The molecular weight excluding hydrogens is 297 g/mol. The van der Waals surface area contributed by atoms with Gasteiger partial charge in [0.2, 0.25) is 0 Å². The van der Waals surface area contributed by atoms with Crippen molar-refractivity contribution in [2.24, 2.45) is 0 Å². The molecule has 5 heteroatoms. The smallest absolute Gasteiger partial charge is 0.124 e. The summed E-state index contributed by atoms with van der Waals surface area (Å²) in [6.07, 6.45) is 0. The summed E-state index contributed by atoms with van der Waals surface area (Å²) in [7, 11) is -1.17. The Labute approximate surface area is 124 Å².